The smallest absolute Gasteiger partial charge is 0.231 e. The first kappa shape index (κ1) is 16.7. The van der Waals surface area contributed by atoms with Crippen molar-refractivity contribution >= 4 is 10.8 Å². The molecule has 1 heterocycles. The van der Waals surface area contributed by atoms with Crippen LogP contribution in [0.5, 0.6) is 17.2 Å². The average Bonchev–Trinajstić information content (AvgIpc) is 3.10. The lowest BCUT2D eigenvalue weighted by atomic mass is 10.0. The van der Waals surface area contributed by atoms with Gasteiger partial charge in [0.1, 0.15) is 5.75 Å². The maximum Gasteiger partial charge on any atom is 0.231 e. The van der Waals surface area contributed by atoms with E-state index in [1.807, 2.05) is 12.1 Å². The maximum absolute atomic E-state index is 6.04. The molecule has 4 heteroatoms. The fourth-order valence-electron chi connectivity index (χ4n) is 3.25. The largest absolute Gasteiger partial charge is 0.491 e. The van der Waals surface area contributed by atoms with Gasteiger partial charge in [-0.2, -0.15) is 0 Å². The first-order chi connectivity index (χ1) is 12.7. The molecule has 26 heavy (non-hydrogen) atoms. The first-order valence-electron chi connectivity index (χ1n) is 8.97. The van der Waals surface area contributed by atoms with Gasteiger partial charge in [-0.15, -0.1) is 0 Å². The Balaban J connectivity index is 1.54. The van der Waals surface area contributed by atoms with Crippen molar-refractivity contribution in [1.82, 2.24) is 5.32 Å². The predicted octanol–water partition coefficient (Wildman–Crippen LogP) is 4.65. The molecule has 1 aliphatic heterocycles. The molecule has 4 rings (SSSR count). The van der Waals surface area contributed by atoms with Crippen LogP contribution in [0.3, 0.4) is 0 Å². The summed E-state index contributed by atoms with van der Waals surface area (Å²) >= 11 is 0. The third-order valence-corrected chi connectivity index (χ3v) is 4.43. The molecule has 0 unspecified atom stereocenters. The van der Waals surface area contributed by atoms with E-state index in [-0.39, 0.29) is 6.10 Å². The Morgan fingerprint density at radius 2 is 1.81 bits per heavy atom. The van der Waals surface area contributed by atoms with E-state index in [0.29, 0.717) is 6.79 Å². The second-order valence-electron chi connectivity index (χ2n) is 6.72. The lowest BCUT2D eigenvalue weighted by Crippen LogP contribution is -2.15. The fraction of sp³-hybridized carbons (Fsp3) is 0.273. The zero-order valence-electron chi connectivity index (χ0n) is 15.1. The van der Waals surface area contributed by atoms with Crippen LogP contribution < -0.4 is 19.5 Å². The number of rotatable bonds is 6. The SMILES string of the molecule is CC(C)Oc1ccc2ccccc2c1CNCc1ccc2c(c1)OCO2. The number of nitrogens with one attached hydrogen (secondary N) is 1. The molecule has 0 bridgehead atoms. The zero-order valence-corrected chi connectivity index (χ0v) is 15.1. The van der Waals surface area contributed by atoms with Gasteiger partial charge in [-0.25, -0.2) is 0 Å². The van der Waals surface area contributed by atoms with E-state index in [2.05, 4.69) is 61.6 Å². The van der Waals surface area contributed by atoms with Crippen LogP contribution in [0.2, 0.25) is 0 Å². The van der Waals surface area contributed by atoms with Gasteiger partial charge in [-0.05, 0) is 48.4 Å². The summed E-state index contributed by atoms with van der Waals surface area (Å²) in [5.74, 6) is 2.57. The molecule has 0 fully saturated rings. The topological polar surface area (TPSA) is 39.7 Å². The second kappa shape index (κ2) is 7.26. The van der Waals surface area contributed by atoms with Gasteiger partial charge in [0.15, 0.2) is 11.5 Å². The van der Waals surface area contributed by atoms with Crippen LogP contribution in [0.4, 0.5) is 0 Å². The van der Waals surface area contributed by atoms with Gasteiger partial charge in [-0.1, -0.05) is 36.4 Å². The molecule has 0 aliphatic carbocycles. The van der Waals surface area contributed by atoms with Crippen LogP contribution in [0.15, 0.2) is 54.6 Å². The third kappa shape index (κ3) is 3.46. The molecular weight excluding hydrogens is 326 g/mol. The Morgan fingerprint density at radius 3 is 2.69 bits per heavy atom. The van der Waals surface area contributed by atoms with E-state index in [1.54, 1.807) is 0 Å². The Hall–Kier alpha value is -2.72. The number of benzene rings is 3. The van der Waals surface area contributed by atoms with Gasteiger partial charge in [0.05, 0.1) is 6.10 Å². The maximum atomic E-state index is 6.04. The molecule has 0 amide bonds. The van der Waals surface area contributed by atoms with Crippen LogP contribution in [0, 0.1) is 0 Å². The zero-order chi connectivity index (χ0) is 17.9. The monoisotopic (exact) mass is 349 g/mol. The molecule has 0 radical (unpaired) electrons. The summed E-state index contributed by atoms with van der Waals surface area (Å²) in [6, 6.07) is 18.7. The summed E-state index contributed by atoms with van der Waals surface area (Å²) in [5.41, 5.74) is 2.36. The van der Waals surface area contributed by atoms with Crippen molar-refractivity contribution in [3.05, 3.63) is 65.7 Å². The van der Waals surface area contributed by atoms with Crippen LogP contribution >= 0.6 is 0 Å². The molecule has 134 valence electrons. The first-order valence-corrected chi connectivity index (χ1v) is 8.97. The van der Waals surface area contributed by atoms with Crippen LogP contribution in [-0.2, 0) is 13.1 Å². The summed E-state index contributed by atoms with van der Waals surface area (Å²) in [6.45, 7) is 5.90. The summed E-state index contributed by atoms with van der Waals surface area (Å²) in [5, 5.41) is 5.99. The summed E-state index contributed by atoms with van der Waals surface area (Å²) < 4.78 is 16.9. The molecule has 0 atom stereocenters. The number of hydrogen-bond donors (Lipinski definition) is 1. The average molecular weight is 349 g/mol. The van der Waals surface area contributed by atoms with Crippen molar-refractivity contribution in [3.63, 3.8) is 0 Å². The Kier molecular flexibility index (Phi) is 4.67. The minimum Gasteiger partial charge on any atom is -0.491 e. The molecule has 0 saturated heterocycles. The van der Waals surface area contributed by atoms with Crippen LogP contribution in [0.1, 0.15) is 25.0 Å². The minimum atomic E-state index is 0.142. The highest BCUT2D eigenvalue weighted by molar-refractivity contribution is 5.87. The number of ether oxygens (including phenoxy) is 3. The Labute approximate surface area is 153 Å². The van der Waals surface area contributed by atoms with E-state index in [9.17, 15) is 0 Å². The number of hydrogen-bond acceptors (Lipinski definition) is 4. The molecule has 1 aliphatic rings. The Bertz CT molecular complexity index is 920. The van der Waals surface area contributed by atoms with Crippen molar-refractivity contribution in [1.29, 1.82) is 0 Å². The van der Waals surface area contributed by atoms with E-state index >= 15 is 0 Å². The van der Waals surface area contributed by atoms with Crippen molar-refractivity contribution in [2.45, 2.75) is 33.0 Å². The van der Waals surface area contributed by atoms with Gasteiger partial charge in [0.2, 0.25) is 6.79 Å². The highest BCUT2D eigenvalue weighted by atomic mass is 16.7. The van der Waals surface area contributed by atoms with E-state index in [1.165, 1.54) is 21.9 Å². The highest BCUT2D eigenvalue weighted by Crippen LogP contribution is 2.33. The molecular formula is C22H23NO3. The molecule has 3 aromatic carbocycles. The molecule has 3 aromatic rings. The second-order valence-corrected chi connectivity index (χ2v) is 6.72. The van der Waals surface area contributed by atoms with E-state index in [0.717, 1.165) is 30.3 Å². The lowest BCUT2D eigenvalue weighted by molar-refractivity contribution is 0.174. The summed E-state index contributed by atoms with van der Waals surface area (Å²) in [6.07, 6.45) is 0.142. The van der Waals surface area contributed by atoms with Crippen LogP contribution in [-0.4, -0.2) is 12.9 Å². The van der Waals surface area contributed by atoms with Crippen LogP contribution in [0.25, 0.3) is 10.8 Å². The van der Waals surface area contributed by atoms with Crippen molar-refractivity contribution in [2.24, 2.45) is 0 Å². The predicted molar refractivity (Wildman–Crippen MR) is 103 cm³/mol. The van der Waals surface area contributed by atoms with Gasteiger partial charge in [0.25, 0.3) is 0 Å². The third-order valence-electron chi connectivity index (χ3n) is 4.43. The highest BCUT2D eigenvalue weighted by Gasteiger charge is 2.14. The number of fused-ring (bicyclic) bond motifs is 2. The molecule has 4 nitrogen and oxygen atoms in total. The molecule has 0 aromatic heterocycles. The molecule has 0 saturated carbocycles. The normalized spacial score (nSPS) is 12.7. The fourth-order valence-corrected chi connectivity index (χ4v) is 3.25. The van der Waals surface area contributed by atoms with Gasteiger partial charge in [-0.3, -0.25) is 0 Å². The van der Waals surface area contributed by atoms with Gasteiger partial charge in [0, 0.05) is 18.7 Å². The van der Waals surface area contributed by atoms with E-state index < -0.39 is 0 Å². The van der Waals surface area contributed by atoms with Crippen molar-refractivity contribution in [3.8, 4) is 17.2 Å². The van der Waals surface area contributed by atoms with E-state index in [4.69, 9.17) is 14.2 Å². The minimum absolute atomic E-state index is 0.142. The molecule has 0 spiro atoms. The van der Waals surface area contributed by atoms with Crippen molar-refractivity contribution < 1.29 is 14.2 Å². The quantitative estimate of drug-likeness (QED) is 0.703. The Morgan fingerprint density at radius 1 is 0.962 bits per heavy atom. The standard InChI is InChI=1S/C22H23NO3/c1-15(2)26-20-10-8-17-5-3-4-6-18(17)19(20)13-23-12-16-7-9-21-22(11-16)25-14-24-21/h3-11,15,23H,12-14H2,1-2H3. The van der Waals surface area contributed by atoms with Crippen molar-refractivity contribution in [2.75, 3.05) is 6.79 Å². The summed E-state index contributed by atoms with van der Waals surface area (Å²) in [7, 11) is 0. The summed E-state index contributed by atoms with van der Waals surface area (Å²) in [4.78, 5) is 0. The molecule has 1 N–H and O–H groups in total. The van der Waals surface area contributed by atoms with Gasteiger partial charge >= 0.3 is 0 Å². The lowest BCUT2D eigenvalue weighted by Gasteiger charge is -2.17. The van der Waals surface area contributed by atoms with Gasteiger partial charge < -0.3 is 19.5 Å².